The fourth-order valence-corrected chi connectivity index (χ4v) is 5.28. The summed E-state index contributed by atoms with van der Waals surface area (Å²) < 4.78 is 30.2. The van der Waals surface area contributed by atoms with Gasteiger partial charge in [-0.05, 0) is 55.8 Å². The van der Waals surface area contributed by atoms with Crippen molar-refractivity contribution in [2.45, 2.75) is 25.4 Å². The molecule has 3 aromatic heterocycles. The number of halogens is 2. The van der Waals surface area contributed by atoms with Crippen LogP contribution in [0.2, 0.25) is 0 Å². The second kappa shape index (κ2) is 9.55. The third-order valence-electron chi connectivity index (χ3n) is 7.32. The first kappa shape index (κ1) is 23.0. The summed E-state index contributed by atoms with van der Waals surface area (Å²) in [6.45, 7) is 5.93. The minimum atomic E-state index is -0.429. The number of pyridine rings is 1. The maximum absolute atomic E-state index is 14.6. The van der Waals surface area contributed by atoms with Gasteiger partial charge in [0.1, 0.15) is 17.5 Å². The summed E-state index contributed by atoms with van der Waals surface area (Å²) >= 11 is 0. The van der Waals surface area contributed by atoms with Crippen molar-refractivity contribution < 1.29 is 8.78 Å². The van der Waals surface area contributed by atoms with Gasteiger partial charge in [-0.3, -0.25) is 9.88 Å². The van der Waals surface area contributed by atoms with Crippen LogP contribution in [0.25, 0.3) is 16.9 Å². The molecule has 7 nitrogen and oxygen atoms in total. The van der Waals surface area contributed by atoms with Gasteiger partial charge in [0, 0.05) is 57.2 Å². The van der Waals surface area contributed by atoms with E-state index in [1.165, 1.54) is 17.7 Å². The van der Waals surface area contributed by atoms with Crippen molar-refractivity contribution in [3.05, 3.63) is 77.8 Å². The lowest BCUT2D eigenvalue weighted by atomic mass is 10.0. The van der Waals surface area contributed by atoms with Gasteiger partial charge in [-0.25, -0.2) is 18.3 Å². The van der Waals surface area contributed by atoms with E-state index < -0.39 is 5.82 Å². The molecule has 2 aliphatic heterocycles. The molecule has 1 atom stereocenters. The zero-order chi connectivity index (χ0) is 24.6. The highest BCUT2D eigenvalue weighted by Gasteiger charge is 2.30. The Hall–Kier alpha value is -3.43. The molecule has 6 rings (SSSR count). The Labute approximate surface area is 209 Å². The number of anilines is 1. The first-order valence-corrected chi connectivity index (χ1v) is 12.5. The van der Waals surface area contributed by atoms with Crippen LogP contribution in [0, 0.1) is 11.6 Å². The van der Waals surface area contributed by atoms with Crippen LogP contribution in [0.5, 0.6) is 0 Å². The van der Waals surface area contributed by atoms with E-state index in [0.29, 0.717) is 11.2 Å². The molecule has 0 amide bonds. The quantitative estimate of drug-likeness (QED) is 0.420. The number of likely N-dealkylation sites (N-methyl/N-ethyl adjacent to an activating group) is 1. The molecule has 0 saturated carbocycles. The Morgan fingerprint density at radius 1 is 0.972 bits per heavy atom. The Morgan fingerprint density at radius 3 is 2.64 bits per heavy atom. The topological polar surface area (TPSA) is 52.8 Å². The SMILES string of the molecule is CN1CCN(Cc2ccc(-c3cnn4ccc(N5CCCC5c5cc(F)ccc5F)nc34)nc2)CC1. The van der Waals surface area contributed by atoms with E-state index in [1.807, 2.05) is 24.5 Å². The van der Waals surface area contributed by atoms with Crippen molar-refractivity contribution in [3.8, 4) is 11.3 Å². The molecule has 0 N–H and O–H groups in total. The number of rotatable bonds is 5. The fourth-order valence-electron chi connectivity index (χ4n) is 5.28. The molecule has 36 heavy (non-hydrogen) atoms. The van der Waals surface area contributed by atoms with Crippen LogP contribution in [0.1, 0.15) is 30.0 Å². The molecular formula is C27H29F2N7. The van der Waals surface area contributed by atoms with Gasteiger partial charge in [0.25, 0.3) is 0 Å². The van der Waals surface area contributed by atoms with Gasteiger partial charge >= 0.3 is 0 Å². The molecule has 4 aromatic rings. The van der Waals surface area contributed by atoms with Crippen LogP contribution in [0.15, 0.2) is 55.0 Å². The summed E-state index contributed by atoms with van der Waals surface area (Å²) in [5.74, 6) is -0.0933. The lowest BCUT2D eigenvalue weighted by Crippen LogP contribution is -2.43. The van der Waals surface area contributed by atoms with Gasteiger partial charge in [0.05, 0.1) is 23.5 Å². The number of hydrogen-bond donors (Lipinski definition) is 0. The highest BCUT2D eigenvalue weighted by Crippen LogP contribution is 2.37. The van der Waals surface area contributed by atoms with Crippen molar-refractivity contribution in [1.82, 2.24) is 29.4 Å². The summed E-state index contributed by atoms with van der Waals surface area (Å²) in [6.07, 6.45) is 7.21. The summed E-state index contributed by atoms with van der Waals surface area (Å²) in [5, 5.41) is 4.46. The van der Waals surface area contributed by atoms with Gasteiger partial charge in [0.15, 0.2) is 5.65 Å². The number of nitrogens with zero attached hydrogens (tertiary/aromatic N) is 7. The molecule has 186 valence electrons. The smallest absolute Gasteiger partial charge is 0.166 e. The molecule has 0 spiro atoms. The number of aromatic nitrogens is 4. The predicted molar refractivity (Wildman–Crippen MR) is 135 cm³/mol. The molecule has 9 heteroatoms. The Morgan fingerprint density at radius 2 is 1.83 bits per heavy atom. The fraction of sp³-hybridized carbons (Fsp3) is 0.370. The van der Waals surface area contributed by atoms with Crippen molar-refractivity contribution >= 4 is 11.5 Å². The molecule has 2 saturated heterocycles. The van der Waals surface area contributed by atoms with Crippen LogP contribution in [-0.4, -0.2) is 69.2 Å². The highest BCUT2D eigenvalue weighted by molar-refractivity contribution is 5.75. The van der Waals surface area contributed by atoms with E-state index in [4.69, 9.17) is 9.97 Å². The average molecular weight is 490 g/mol. The van der Waals surface area contributed by atoms with E-state index in [2.05, 4.69) is 32.9 Å². The second-order valence-electron chi connectivity index (χ2n) is 9.76. The summed E-state index contributed by atoms with van der Waals surface area (Å²) in [6, 6.07) is 9.43. The van der Waals surface area contributed by atoms with Crippen LogP contribution < -0.4 is 4.90 Å². The zero-order valence-electron chi connectivity index (χ0n) is 20.3. The zero-order valence-corrected chi connectivity index (χ0v) is 20.3. The molecule has 2 aliphatic rings. The number of fused-ring (bicyclic) bond motifs is 1. The van der Waals surface area contributed by atoms with Gasteiger partial charge in [-0.2, -0.15) is 5.10 Å². The maximum atomic E-state index is 14.6. The van der Waals surface area contributed by atoms with Gasteiger partial charge in [-0.1, -0.05) is 6.07 Å². The second-order valence-corrected chi connectivity index (χ2v) is 9.76. The lowest BCUT2D eigenvalue weighted by Gasteiger charge is -2.32. The standard InChI is InChI=1S/C27H29F2N7/c1-33-11-13-34(14-12-33)18-19-4-7-24(30-16-19)22-17-31-36-10-8-26(32-27(22)36)35-9-2-3-25(35)21-15-20(28)5-6-23(21)29/h4-8,10,15-17,25H,2-3,9,11-14,18H2,1H3. The minimum absolute atomic E-state index is 0.256. The maximum Gasteiger partial charge on any atom is 0.166 e. The molecule has 5 heterocycles. The number of benzene rings is 1. The van der Waals surface area contributed by atoms with Gasteiger partial charge in [0.2, 0.25) is 0 Å². The molecule has 1 aromatic carbocycles. The molecular weight excluding hydrogens is 460 g/mol. The van der Waals surface area contributed by atoms with Crippen molar-refractivity contribution in [2.24, 2.45) is 0 Å². The molecule has 1 unspecified atom stereocenters. The van der Waals surface area contributed by atoms with Gasteiger partial charge < -0.3 is 9.80 Å². The molecule has 0 aliphatic carbocycles. The van der Waals surface area contributed by atoms with Crippen LogP contribution in [-0.2, 0) is 6.54 Å². The third-order valence-corrected chi connectivity index (χ3v) is 7.32. The average Bonchev–Trinajstić information content (AvgIpc) is 3.54. The summed E-state index contributed by atoms with van der Waals surface area (Å²) in [5.41, 5.74) is 3.91. The Bertz CT molecular complexity index is 1360. The van der Waals surface area contributed by atoms with E-state index in [1.54, 1.807) is 10.7 Å². The Balaban J connectivity index is 1.26. The van der Waals surface area contributed by atoms with E-state index in [0.717, 1.165) is 75.3 Å². The van der Waals surface area contributed by atoms with Crippen molar-refractivity contribution in [3.63, 3.8) is 0 Å². The number of hydrogen-bond acceptors (Lipinski definition) is 6. The number of piperazine rings is 1. The summed E-state index contributed by atoms with van der Waals surface area (Å²) in [4.78, 5) is 16.5. The largest absolute Gasteiger partial charge is 0.349 e. The first-order valence-electron chi connectivity index (χ1n) is 12.5. The van der Waals surface area contributed by atoms with Crippen LogP contribution in [0.4, 0.5) is 14.6 Å². The van der Waals surface area contributed by atoms with E-state index in [-0.39, 0.29) is 11.9 Å². The van der Waals surface area contributed by atoms with Gasteiger partial charge in [-0.15, -0.1) is 0 Å². The van der Waals surface area contributed by atoms with Crippen LogP contribution in [0.3, 0.4) is 0 Å². The van der Waals surface area contributed by atoms with E-state index in [9.17, 15) is 8.78 Å². The normalized spacial score (nSPS) is 19.4. The van der Waals surface area contributed by atoms with Crippen molar-refractivity contribution in [1.29, 1.82) is 0 Å². The highest BCUT2D eigenvalue weighted by atomic mass is 19.1. The minimum Gasteiger partial charge on any atom is -0.349 e. The lowest BCUT2D eigenvalue weighted by molar-refractivity contribution is 0.148. The predicted octanol–water partition coefficient (Wildman–Crippen LogP) is 4.16. The third kappa shape index (κ3) is 4.44. The molecule has 0 bridgehead atoms. The monoisotopic (exact) mass is 489 g/mol. The summed E-state index contributed by atoms with van der Waals surface area (Å²) in [7, 11) is 2.16. The Kier molecular flexibility index (Phi) is 6.10. The van der Waals surface area contributed by atoms with Crippen LogP contribution >= 0.6 is 0 Å². The van der Waals surface area contributed by atoms with E-state index >= 15 is 0 Å². The first-order chi connectivity index (χ1) is 17.5. The van der Waals surface area contributed by atoms with Crippen molar-refractivity contribution in [2.75, 3.05) is 44.7 Å². The molecule has 2 fully saturated rings. The molecule has 0 radical (unpaired) electrons.